The second kappa shape index (κ2) is 6.41. The van der Waals surface area contributed by atoms with Gasteiger partial charge in [-0.1, -0.05) is 30.3 Å². The number of benzene rings is 1. The normalized spacial score (nSPS) is 14.4. The molecule has 1 aliphatic heterocycles. The highest BCUT2D eigenvalue weighted by atomic mass is 16.5. The predicted molar refractivity (Wildman–Crippen MR) is 88.3 cm³/mol. The molecule has 122 valence electrons. The maximum Gasteiger partial charge on any atom is 0.220 e. The molecule has 1 aliphatic rings. The van der Waals surface area contributed by atoms with E-state index in [1.54, 1.807) is 19.6 Å². The number of nitrogens with zero attached hydrogens (tertiary/aromatic N) is 4. The van der Waals surface area contributed by atoms with Gasteiger partial charge in [0.1, 0.15) is 6.33 Å². The van der Waals surface area contributed by atoms with Gasteiger partial charge in [-0.2, -0.15) is 0 Å². The summed E-state index contributed by atoms with van der Waals surface area (Å²) in [6.45, 7) is 2.31. The van der Waals surface area contributed by atoms with Gasteiger partial charge in [-0.3, -0.25) is 4.90 Å². The molecule has 3 aromatic rings. The van der Waals surface area contributed by atoms with E-state index in [4.69, 9.17) is 9.15 Å². The third-order valence-corrected chi connectivity index (χ3v) is 4.21. The molecule has 0 radical (unpaired) electrons. The Morgan fingerprint density at radius 2 is 2.04 bits per heavy atom. The second-order valence-electron chi connectivity index (χ2n) is 5.75. The zero-order chi connectivity index (χ0) is 16.4. The van der Waals surface area contributed by atoms with Gasteiger partial charge < -0.3 is 9.15 Å². The van der Waals surface area contributed by atoms with Crippen molar-refractivity contribution < 1.29 is 9.15 Å². The Hall–Kier alpha value is -2.73. The average molecular weight is 322 g/mol. The Labute approximate surface area is 140 Å². The first-order valence-electron chi connectivity index (χ1n) is 7.92. The van der Waals surface area contributed by atoms with Gasteiger partial charge in [-0.25, -0.2) is 15.0 Å². The maximum atomic E-state index is 5.90. The van der Waals surface area contributed by atoms with Gasteiger partial charge in [-0.15, -0.1) is 0 Å². The third kappa shape index (κ3) is 2.88. The van der Waals surface area contributed by atoms with E-state index < -0.39 is 0 Å². The van der Waals surface area contributed by atoms with Crippen molar-refractivity contribution in [3.8, 4) is 17.2 Å². The van der Waals surface area contributed by atoms with Crippen molar-refractivity contribution in [2.45, 2.75) is 19.5 Å². The van der Waals surface area contributed by atoms with Gasteiger partial charge >= 0.3 is 0 Å². The number of fused-ring (bicyclic) bond motifs is 1. The molecular formula is C18H18N4O2. The zero-order valence-corrected chi connectivity index (χ0v) is 13.5. The summed E-state index contributed by atoms with van der Waals surface area (Å²) in [7, 11) is 1.64. The highest BCUT2D eigenvalue weighted by molar-refractivity contribution is 5.55. The van der Waals surface area contributed by atoms with E-state index in [1.165, 1.54) is 0 Å². The zero-order valence-electron chi connectivity index (χ0n) is 13.5. The van der Waals surface area contributed by atoms with Crippen molar-refractivity contribution in [1.29, 1.82) is 0 Å². The van der Waals surface area contributed by atoms with Crippen molar-refractivity contribution >= 4 is 0 Å². The van der Waals surface area contributed by atoms with Gasteiger partial charge in [-0.05, 0) is 0 Å². The number of aromatic nitrogens is 3. The van der Waals surface area contributed by atoms with Crippen LogP contribution in [0.3, 0.4) is 0 Å². The molecule has 0 aliphatic carbocycles. The van der Waals surface area contributed by atoms with Gasteiger partial charge in [0, 0.05) is 30.6 Å². The molecule has 6 heteroatoms. The Morgan fingerprint density at radius 1 is 1.17 bits per heavy atom. The smallest absolute Gasteiger partial charge is 0.220 e. The molecule has 0 fully saturated rings. The monoisotopic (exact) mass is 322 g/mol. The predicted octanol–water partition coefficient (Wildman–Crippen LogP) is 2.70. The second-order valence-corrected chi connectivity index (χ2v) is 5.75. The summed E-state index contributed by atoms with van der Waals surface area (Å²) in [5, 5.41) is 0. The first-order valence-corrected chi connectivity index (χ1v) is 7.92. The lowest BCUT2D eigenvalue weighted by molar-refractivity contribution is 0.215. The molecule has 1 aromatic carbocycles. The number of oxazole rings is 1. The van der Waals surface area contributed by atoms with E-state index in [0.717, 1.165) is 42.1 Å². The van der Waals surface area contributed by atoms with Crippen molar-refractivity contribution in [3.63, 3.8) is 0 Å². The van der Waals surface area contributed by atoms with Gasteiger partial charge in [0.25, 0.3) is 0 Å². The van der Waals surface area contributed by atoms with Gasteiger partial charge in [0.15, 0.2) is 5.76 Å². The molecule has 24 heavy (non-hydrogen) atoms. The molecule has 2 aromatic heterocycles. The summed E-state index contributed by atoms with van der Waals surface area (Å²) in [5.74, 6) is 2.17. The van der Waals surface area contributed by atoms with Crippen LogP contribution in [0.4, 0.5) is 0 Å². The summed E-state index contributed by atoms with van der Waals surface area (Å²) in [5.41, 5.74) is 3.16. The average Bonchev–Trinajstić information content (AvgIpc) is 3.10. The highest BCUT2D eigenvalue weighted by Crippen LogP contribution is 2.26. The lowest BCUT2D eigenvalue weighted by atomic mass is 10.1. The van der Waals surface area contributed by atoms with Crippen LogP contribution in [0.25, 0.3) is 11.3 Å². The minimum absolute atomic E-state index is 0.655. The number of hydrogen-bond donors (Lipinski definition) is 0. The molecule has 0 amide bonds. The number of hydrogen-bond acceptors (Lipinski definition) is 6. The molecule has 0 spiro atoms. The first kappa shape index (κ1) is 14.8. The Morgan fingerprint density at radius 3 is 2.88 bits per heavy atom. The molecule has 0 saturated carbocycles. The van der Waals surface area contributed by atoms with Crippen LogP contribution >= 0.6 is 0 Å². The molecule has 6 nitrogen and oxygen atoms in total. The molecule has 0 atom stereocenters. The molecule has 3 heterocycles. The third-order valence-electron chi connectivity index (χ3n) is 4.21. The highest BCUT2D eigenvalue weighted by Gasteiger charge is 2.22. The first-order chi connectivity index (χ1) is 11.8. The molecule has 0 unspecified atom stereocenters. The van der Waals surface area contributed by atoms with Crippen LogP contribution in [-0.2, 0) is 19.5 Å². The summed E-state index contributed by atoms with van der Waals surface area (Å²) < 4.78 is 11.3. The number of ether oxygens (including phenoxy) is 1. The molecule has 0 saturated heterocycles. The molecule has 0 bridgehead atoms. The number of rotatable bonds is 4. The topological polar surface area (TPSA) is 64.3 Å². The van der Waals surface area contributed by atoms with Crippen molar-refractivity contribution in [3.05, 3.63) is 60.0 Å². The lowest BCUT2D eigenvalue weighted by Crippen LogP contribution is -2.31. The van der Waals surface area contributed by atoms with E-state index in [2.05, 4.69) is 19.9 Å². The van der Waals surface area contributed by atoms with E-state index >= 15 is 0 Å². The minimum atomic E-state index is 0.655. The Bertz CT molecular complexity index is 818. The van der Waals surface area contributed by atoms with Crippen LogP contribution in [0, 0.1) is 0 Å². The van der Waals surface area contributed by atoms with Crippen LogP contribution in [-0.4, -0.2) is 33.5 Å². The fourth-order valence-corrected chi connectivity index (χ4v) is 2.99. The van der Waals surface area contributed by atoms with Crippen molar-refractivity contribution in [2.24, 2.45) is 0 Å². The SMILES string of the molecule is COc1ncnc2c1CN(Cc1ncc(-c3ccccc3)o1)CC2. The van der Waals surface area contributed by atoms with Crippen molar-refractivity contribution in [1.82, 2.24) is 19.9 Å². The largest absolute Gasteiger partial charge is 0.481 e. The van der Waals surface area contributed by atoms with Gasteiger partial charge in [0.05, 0.1) is 25.5 Å². The lowest BCUT2D eigenvalue weighted by Gasteiger charge is -2.27. The Kier molecular flexibility index (Phi) is 3.96. The molecular weight excluding hydrogens is 304 g/mol. The number of methoxy groups -OCH3 is 1. The fraction of sp³-hybridized carbons (Fsp3) is 0.278. The van der Waals surface area contributed by atoms with Gasteiger partial charge in [0.2, 0.25) is 11.8 Å². The van der Waals surface area contributed by atoms with Crippen molar-refractivity contribution in [2.75, 3.05) is 13.7 Å². The fourth-order valence-electron chi connectivity index (χ4n) is 2.99. The van der Waals surface area contributed by atoms with E-state index in [1.807, 2.05) is 30.3 Å². The van der Waals surface area contributed by atoms with Crippen LogP contribution in [0.2, 0.25) is 0 Å². The van der Waals surface area contributed by atoms with Crippen LogP contribution in [0.15, 0.2) is 47.3 Å². The van der Waals surface area contributed by atoms with Crippen LogP contribution < -0.4 is 4.74 Å². The summed E-state index contributed by atoms with van der Waals surface area (Å²) in [6, 6.07) is 10.0. The molecule has 0 N–H and O–H groups in total. The quantitative estimate of drug-likeness (QED) is 0.736. The van der Waals surface area contributed by atoms with E-state index in [9.17, 15) is 0 Å². The van der Waals surface area contributed by atoms with E-state index in [0.29, 0.717) is 18.3 Å². The Balaban J connectivity index is 1.50. The molecule has 4 rings (SSSR count). The van der Waals surface area contributed by atoms with Crippen LogP contribution in [0.1, 0.15) is 17.1 Å². The van der Waals surface area contributed by atoms with E-state index in [-0.39, 0.29) is 0 Å². The minimum Gasteiger partial charge on any atom is -0.481 e. The summed E-state index contributed by atoms with van der Waals surface area (Å²) in [4.78, 5) is 15.2. The van der Waals surface area contributed by atoms with Crippen LogP contribution in [0.5, 0.6) is 5.88 Å². The standard InChI is InChI=1S/C18H18N4O2/c1-23-18-14-10-22(8-7-15(14)20-12-21-18)11-17-19-9-16(24-17)13-5-3-2-4-6-13/h2-6,9,12H,7-8,10-11H2,1H3. The summed E-state index contributed by atoms with van der Waals surface area (Å²) >= 11 is 0. The summed E-state index contributed by atoms with van der Waals surface area (Å²) in [6.07, 6.45) is 4.22. The maximum absolute atomic E-state index is 5.90.